The molecular formula is C14H26N2O2. The molecule has 0 aromatic heterocycles. The van der Waals surface area contributed by atoms with Crippen LogP contribution in [0.25, 0.3) is 0 Å². The third-order valence-corrected chi connectivity index (χ3v) is 4.57. The fourth-order valence-electron chi connectivity index (χ4n) is 3.17. The van der Waals surface area contributed by atoms with Crippen LogP contribution in [0.5, 0.6) is 0 Å². The molecular weight excluding hydrogens is 228 g/mol. The van der Waals surface area contributed by atoms with Crippen LogP contribution in [-0.2, 0) is 4.79 Å². The molecule has 4 nitrogen and oxygen atoms in total. The molecule has 18 heavy (non-hydrogen) atoms. The van der Waals surface area contributed by atoms with Crippen LogP contribution in [0.1, 0.15) is 57.8 Å². The van der Waals surface area contributed by atoms with Gasteiger partial charge in [-0.1, -0.05) is 19.3 Å². The van der Waals surface area contributed by atoms with Crippen molar-refractivity contribution in [2.75, 3.05) is 6.54 Å². The predicted molar refractivity (Wildman–Crippen MR) is 71.0 cm³/mol. The number of aliphatic hydroxyl groups is 1. The van der Waals surface area contributed by atoms with Crippen molar-refractivity contribution in [3.8, 4) is 0 Å². The number of nitrogens with two attached hydrogens (primary N) is 1. The minimum Gasteiger partial charge on any atom is -0.393 e. The second-order valence-electron chi connectivity index (χ2n) is 6.10. The summed E-state index contributed by atoms with van der Waals surface area (Å²) in [6, 6.07) is 0. The van der Waals surface area contributed by atoms with E-state index >= 15 is 0 Å². The molecule has 0 saturated heterocycles. The average Bonchev–Trinajstić information content (AvgIpc) is 2.38. The molecule has 0 aliphatic heterocycles. The number of rotatable bonds is 3. The molecule has 2 fully saturated rings. The Labute approximate surface area is 109 Å². The fraction of sp³-hybridized carbons (Fsp3) is 0.929. The van der Waals surface area contributed by atoms with Gasteiger partial charge in [-0.05, 0) is 44.4 Å². The highest BCUT2D eigenvalue weighted by Crippen LogP contribution is 2.27. The van der Waals surface area contributed by atoms with E-state index in [0.29, 0.717) is 5.92 Å². The number of hydrogen-bond donors (Lipinski definition) is 3. The zero-order chi connectivity index (χ0) is 13.0. The van der Waals surface area contributed by atoms with E-state index in [1.54, 1.807) is 0 Å². The second kappa shape index (κ2) is 6.02. The van der Waals surface area contributed by atoms with Crippen molar-refractivity contribution < 1.29 is 9.90 Å². The summed E-state index contributed by atoms with van der Waals surface area (Å²) in [4.78, 5) is 12.1. The van der Waals surface area contributed by atoms with Crippen molar-refractivity contribution in [2.45, 2.75) is 69.4 Å². The Morgan fingerprint density at radius 1 is 1.17 bits per heavy atom. The van der Waals surface area contributed by atoms with Gasteiger partial charge in [-0.15, -0.1) is 0 Å². The highest BCUT2D eigenvalue weighted by Gasteiger charge is 2.35. The van der Waals surface area contributed by atoms with Gasteiger partial charge in [0.1, 0.15) is 0 Å². The maximum Gasteiger partial charge on any atom is 0.240 e. The van der Waals surface area contributed by atoms with Gasteiger partial charge < -0.3 is 16.2 Å². The zero-order valence-corrected chi connectivity index (χ0v) is 11.2. The Kier molecular flexibility index (Phi) is 4.62. The quantitative estimate of drug-likeness (QED) is 0.711. The monoisotopic (exact) mass is 254 g/mol. The summed E-state index contributed by atoms with van der Waals surface area (Å²) in [5, 5.41) is 12.5. The Bertz CT molecular complexity index is 280. The predicted octanol–water partition coefficient (Wildman–Crippen LogP) is 1.32. The third kappa shape index (κ3) is 3.45. The van der Waals surface area contributed by atoms with Crippen LogP contribution < -0.4 is 11.1 Å². The van der Waals surface area contributed by atoms with Gasteiger partial charge in [0.15, 0.2) is 0 Å². The number of nitrogens with one attached hydrogen (secondary N) is 1. The Hall–Kier alpha value is -0.610. The minimum atomic E-state index is -0.619. The van der Waals surface area contributed by atoms with E-state index < -0.39 is 5.54 Å². The lowest BCUT2D eigenvalue weighted by atomic mass is 9.81. The van der Waals surface area contributed by atoms with Crippen molar-refractivity contribution in [2.24, 2.45) is 11.7 Å². The van der Waals surface area contributed by atoms with Crippen molar-refractivity contribution in [1.29, 1.82) is 0 Å². The summed E-state index contributed by atoms with van der Waals surface area (Å²) >= 11 is 0. The zero-order valence-electron chi connectivity index (χ0n) is 11.2. The number of carbonyl (C=O) groups excluding carboxylic acids is 1. The number of carbonyl (C=O) groups is 1. The Morgan fingerprint density at radius 2 is 1.78 bits per heavy atom. The standard InChI is InChI=1S/C14H26N2O2/c15-14(8-2-1-3-9-14)13(18)16-10-11-4-6-12(17)7-5-11/h11-12,17H,1-10,15H2,(H,16,18). The molecule has 2 rings (SSSR count). The molecule has 0 spiro atoms. The largest absolute Gasteiger partial charge is 0.393 e. The normalized spacial score (nSPS) is 31.9. The molecule has 0 aromatic carbocycles. The van der Waals surface area contributed by atoms with Crippen LogP contribution in [0.3, 0.4) is 0 Å². The summed E-state index contributed by atoms with van der Waals surface area (Å²) < 4.78 is 0. The summed E-state index contributed by atoms with van der Waals surface area (Å²) in [5.74, 6) is 0.554. The molecule has 0 heterocycles. The SMILES string of the molecule is NC1(C(=O)NCC2CCC(O)CC2)CCCCC1. The minimum absolute atomic E-state index is 0.0355. The van der Waals surface area contributed by atoms with E-state index in [1.807, 2.05) is 0 Å². The van der Waals surface area contributed by atoms with Crippen molar-refractivity contribution >= 4 is 5.91 Å². The smallest absolute Gasteiger partial charge is 0.240 e. The maximum absolute atomic E-state index is 12.1. The molecule has 0 atom stereocenters. The highest BCUT2D eigenvalue weighted by molar-refractivity contribution is 5.86. The van der Waals surface area contributed by atoms with Gasteiger partial charge in [0, 0.05) is 6.54 Å². The maximum atomic E-state index is 12.1. The van der Waals surface area contributed by atoms with Crippen LogP contribution in [-0.4, -0.2) is 29.2 Å². The third-order valence-electron chi connectivity index (χ3n) is 4.57. The molecule has 104 valence electrons. The van der Waals surface area contributed by atoms with Crippen LogP contribution >= 0.6 is 0 Å². The molecule has 0 unspecified atom stereocenters. The molecule has 1 amide bonds. The molecule has 0 aromatic rings. The van der Waals surface area contributed by atoms with Gasteiger partial charge in [-0.3, -0.25) is 4.79 Å². The summed E-state index contributed by atoms with van der Waals surface area (Å²) in [7, 11) is 0. The van der Waals surface area contributed by atoms with Crippen LogP contribution in [0.4, 0.5) is 0 Å². The van der Waals surface area contributed by atoms with Gasteiger partial charge in [0.2, 0.25) is 5.91 Å². The molecule has 0 bridgehead atoms. The Morgan fingerprint density at radius 3 is 2.39 bits per heavy atom. The van der Waals surface area contributed by atoms with E-state index in [0.717, 1.165) is 57.9 Å². The first-order valence-corrected chi connectivity index (χ1v) is 7.35. The lowest BCUT2D eigenvalue weighted by Crippen LogP contribution is -2.55. The number of amides is 1. The first-order valence-electron chi connectivity index (χ1n) is 7.35. The molecule has 0 radical (unpaired) electrons. The second-order valence-corrected chi connectivity index (χ2v) is 6.10. The van der Waals surface area contributed by atoms with E-state index in [-0.39, 0.29) is 12.0 Å². The van der Waals surface area contributed by atoms with Crippen molar-refractivity contribution in [3.05, 3.63) is 0 Å². The number of aliphatic hydroxyl groups excluding tert-OH is 1. The summed E-state index contributed by atoms with van der Waals surface area (Å²) in [6.45, 7) is 0.727. The van der Waals surface area contributed by atoms with E-state index in [2.05, 4.69) is 5.32 Å². The van der Waals surface area contributed by atoms with Crippen LogP contribution in [0.2, 0.25) is 0 Å². The molecule has 2 saturated carbocycles. The lowest BCUT2D eigenvalue weighted by molar-refractivity contribution is -0.127. The Balaban J connectivity index is 1.74. The summed E-state index contributed by atoms with van der Waals surface area (Å²) in [5.41, 5.74) is 5.57. The van der Waals surface area contributed by atoms with Gasteiger partial charge in [0.05, 0.1) is 11.6 Å². The van der Waals surface area contributed by atoms with Gasteiger partial charge in [0.25, 0.3) is 0 Å². The highest BCUT2D eigenvalue weighted by atomic mass is 16.3. The summed E-state index contributed by atoms with van der Waals surface area (Å²) in [6.07, 6.45) is 8.62. The first-order chi connectivity index (χ1) is 8.60. The van der Waals surface area contributed by atoms with Crippen LogP contribution in [0.15, 0.2) is 0 Å². The topological polar surface area (TPSA) is 75.4 Å². The first kappa shape index (κ1) is 13.8. The van der Waals surface area contributed by atoms with Gasteiger partial charge >= 0.3 is 0 Å². The van der Waals surface area contributed by atoms with E-state index in [4.69, 9.17) is 5.73 Å². The van der Waals surface area contributed by atoms with Crippen molar-refractivity contribution in [3.63, 3.8) is 0 Å². The average molecular weight is 254 g/mol. The van der Waals surface area contributed by atoms with Crippen molar-refractivity contribution in [1.82, 2.24) is 5.32 Å². The fourth-order valence-corrected chi connectivity index (χ4v) is 3.17. The lowest BCUT2D eigenvalue weighted by Gasteiger charge is -2.33. The van der Waals surface area contributed by atoms with Gasteiger partial charge in [-0.2, -0.15) is 0 Å². The van der Waals surface area contributed by atoms with Gasteiger partial charge in [-0.25, -0.2) is 0 Å². The molecule has 4 N–H and O–H groups in total. The molecule has 2 aliphatic carbocycles. The van der Waals surface area contributed by atoms with E-state index in [1.165, 1.54) is 6.42 Å². The van der Waals surface area contributed by atoms with E-state index in [9.17, 15) is 9.90 Å². The molecule has 2 aliphatic rings. The molecule has 4 heteroatoms. The number of hydrogen-bond acceptors (Lipinski definition) is 3. The van der Waals surface area contributed by atoms with Crippen LogP contribution in [0, 0.1) is 5.92 Å².